The molecule has 1 amide bonds. The molecule has 4 rings (SSSR count). The van der Waals surface area contributed by atoms with Crippen LogP contribution in [0.3, 0.4) is 0 Å². The third-order valence-corrected chi connectivity index (χ3v) is 5.99. The topological polar surface area (TPSA) is 45.7 Å². The van der Waals surface area contributed by atoms with E-state index in [1.807, 2.05) is 34.7 Å². The molecule has 0 N–H and O–H groups in total. The van der Waals surface area contributed by atoms with Gasteiger partial charge in [-0.05, 0) is 36.4 Å². The van der Waals surface area contributed by atoms with Crippen LogP contribution < -0.4 is 4.90 Å². The lowest BCUT2D eigenvalue weighted by atomic mass is 9.80. The van der Waals surface area contributed by atoms with Crippen LogP contribution in [0.2, 0.25) is 0 Å². The summed E-state index contributed by atoms with van der Waals surface area (Å²) in [7, 11) is 0. The van der Waals surface area contributed by atoms with Gasteiger partial charge in [0, 0.05) is 37.8 Å². The zero-order valence-corrected chi connectivity index (χ0v) is 15.1. The molecule has 4 heterocycles. The van der Waals surface area contributed by atoms with E-state index in [1.165, 1.54) is 11.3 Å². The minimum absolute atomic E-state index is 0.00247. The molecule has 5 nitrogen and oxygen atoms in total. The molecule has 2 saturated heterocycles. The monoisotopic (exact) mass is 357 g/mol. The van der Waals surface area contributed by atoms with Gasteiger partial charge in [0.15, 0.2) is 0 Å². The molecule has 2 aromatic rings. The van der Waals surface area contributed by atoms with Gasteiger partial charge in [0.1, 0.15) is 0 Å². The van der Waals surface area contributed by atoms with Crippen molar-refractivity contribution >= 4 is 22.9 Å². The maximum absolute atomic E-state index is 12.8. The van der Waals surface area contributed by atoms with E-state index >= 15 is 0 Å². The van der Waals surface area contributed by atoms with Crippen molar-refractivity contribution in [3.8, 4) is 0 Å². The number of piperidine rings is 1. The lowest BCUT2D eigenvalue weighted by Gasteiger charge is -2.43. The van der Waals surface area contributed by atoms with Crippen molar-refractivity contribution in [3.63, 3.8) is 0 Å². The van der Waals surface area contributed by atoms with Gasteiger partial charge in [-0.3, -0.25) is 9.78 Å². The number of anilines is 1. The number of carbonyl (C=O) groups is 1. The van der Waals surface area contributed by atoms with Gasteiger partial charge in [-0.15, -0.1) is 11.3 Å². The van der Waals surface area contributed by atoms with E-state index in [4.69, 9.17) is 4.74 Å². The number of aromatic nitrogens is 1. The van der Waals surface area contributed by atoms with Crippen LogP contribution in [0.1, 0.15) is 22.5 Å². The second kappa shape index (κ2) is 7.14. The summed E-state index contributed by atoms with van der Waals surface area (Å²) in [6, 6.07) is 7.93. The Hall–Kier alpha value is -1.92. The molecule has 0 aliphatic carbocycles. The van der Waals surface area contributed by atoms with Crippen LogP contribution in [0.25, 0.3) is 0 Å². The van der Waals surface area contributed by atoms with Crippen molar-refractivity contribution in [2.24, 2.45) is 5.41 Å². The lowest BCUT2D eigenvalue weighted by molar-refractivity contribution is 0.0137. The Labute approximate surface area is 152 Å². The van der Waals surface area contributed by atoms with E-state index < -0.39 is 0 Å². The molecule has 1 atom stereocenters. The number of carbonyl (C=O) groups excluding carboxylic acids is 1. The van der Waals surface area contributed by atoms with Gasteiger partial charge < -0.3 is 14.5 Å². The minimum Gasteiger partial charge on any atom is -0.379 e. The Morgan fingerprint density at radius 2 is 2.20 bits per heavy atom. The molecule has 2 aromatic heterocycles. The predicted molar refractivity (Wildman–Crippen MR) is 99.2 cm³/mol. The van der Waals surface area contributed by atoms with Crippen LogP contribution in [-0.4, -0.2) is 55.2 Å². The highest BCUT2D eigenvalue weighted by Gasteiger charge is 2.40. The number of rotatable bonds is 2. The van der Waals surface area contributed by atoms with Crippen molar-refractivity contribution in [2.45, 2.75) is 12.8 Å². The van der Waals surface area contributed by atoms with Crippen LogP contribution in [0.5, 0.6) is 0 Å². The molecule has 0 bridgehead atoms. The van der Waals surface area contributed by atoms with Crippen LogP contribution in [0.4, 0.5) is 5.69 Å². The van der Waals surface area contributed by atoms with Gasteiger partial charge in [-0.25, -0.2) is 0 Å². The summed E-state index contributed by atoms with van der Waals surface area (Å²) in [5, 5.41) is 1.96. The minimum atomic E-state index is -0.00247. The summed E-state index contributed by atoms with van der Waals surface area (Å²) in [6.45, 7) is 4.82. The van der Waals surface area contributed by atoms with E-state index in [-0.39, 0.29) is 11.3 Å². The van der Waals surface area contributed by atoms with E-state index in [0.717, 1.165) is 62.8 Å². The normalized spacial score (nSPS) is 24.3. The van der Waals surface area contributed by atoms with Gasteiger partial charge in [0.25, 0.3) is 5.91 Å². The van der Waals surface area contributed by atoms with E-state index in [1.54, 1.807) is 6.20 Å². The number of nitrogens with zero attached hydrogens (tertiary/aromatic N) is 3. The standard InChI is InChI=1S/C19H23N3O2S/c23-18(17-5-2-11-25-17)22-8-3-6-19(14-22)13-21(9-10-24-15-19)16-4-1-7-20-12-16/h1-2,4-5,7,11-12H,3,6,8-10,13-15H2/t19-/m1/s1. The molecule has 1 spiro atoms. The van der Waals surface area contributed by atoms with E-state index in [9.17, 15) is 4.79 Å². The number of likely N-dealkylation sites (tertiary alicyclic amines) is 1. The number of ether oxygens (including phenoxy) is 1. The number of pyridine rings is 1. The second-order valence-electron chi connectivity index (χ2n) is 6.99. The quantitative estimate of drug-likeness (QED) is 0.829. The summed E-state index contributed by atoms with van der Waals surface area (Å²) in [5.41, 5.74) is 1.13. The molecule has 25 heavy (non-hydrogen) atoms. The average Bonchev–Trinajstić information content (AvgIpc) is 3.12. The van der Waals surface area contributed by atoms with Gasteiger partial charge in [0.05, 0.1) is 30.0 Å². The van der Waals surface area contributed by atoms with Gasteiger partial charge in [-0.1, -0.05) is 6.07 Å². The molecular weight excluding hydrogens is 334 g/mol. The number of thiophene rings is 1. The van der Waals surface area contributed by atoms with Crippen molar-refractivity contribution in [1.82, 2.24) is 9.88 Å². The Balaban J connectivity index is 1.53. The lowest BCUT2D eigenvalue weighted by Crippen LogP contribution is -2.52. The molecule has 0 aromatic carbocycles. The average molecular weight is 357 g/mol. The molecule has 2 aliphatic heterocycles. The summed E-state index contributed by atoms with van der Waals surface area (Å²) >= 11 is 1.52. The zero-order valence-electron chi connectivity index (χ0n) is 14.3. The van der Waals surface area contributed by atoms with Crippen LogP contribution in [0.15, 0.2) is 42.0 Å². The molecule has 2 aliphatic rings. The molecule has 0 radical (unpaired) electrons. The van der Waals surface area contributed by atoms with Crippen LogP contribution in [-0.2, 0) is 4.74 Å². The Morgan fingerprint density at radius 1 is 1.24 bits per heavy atom. The Kier molecular flexibility index (Phi) is 4.72. The van der Waals surface area contributed by atoms with Crippen molar-refractivity contribution in [2.75, 3.05) is 44.3 Å². The van der Waals surface area contributed by atoms with Gasteiger partial charge in [-0.2, -0.15) is 0 Å². The van der Waals surface area contributed by atoms with Gasteiger partial charge >= 0.3 is 0 Å². The molecule has 2 fully saturated rings. The highest BCUT2D eigenvalue weighted by molar-refractivity contribution is 7.12. The Morgan fingerprint density at radius 3 is 3.00 bits per heavy atom. The summed E-state index contributed by atoms with van der Waals surface area (Å²) < 4.78 is 5.96. The highest BCUT2D eigenvalue weighted by atomic mass is 32.1. The van der Waals surface area contributed by atoms with Crippen molar-refractivity contribution in [1.29, 1.82) is 0 Å². The van der Waals surface area contributed by atoms with Gasteiger partial charge in [0.2, 0.25) is 0 Å². The third-order valence-electron chi connectivity index (χ3n) is 5.13. The fourth-order valence-electron chi connectivity index (χ4n) is 3.94. The number of hydrogen-bond donors (Lipinski definition) is 0. The van der Waals surface area contributed by atoms with Crippen LogP contribution in [0, 0.1) is 5.41 Å². The smallest absolute Gasteiger partial charge is 0.263 e. The largest absolute Gasteiger partial charge is 0.379 e. The number of hydrogen-bond acceptors (Lipinski definition) is 5. The summed E-state index contributed by atoms with van der Waals surface area (Å²) in [6.07, 6.45) is 5.84. The first-order chi connectivity index (χ1) is 12.3. The molecule has 6 heteroatoms. The first-order valence-electron chi connectivity index (χ1n) is 8.81. The molecule has 0 unspecified atom stereocenters. The molecule has 0 saturated carbocycles. The number of amides is 1. The first kappa shape index (κ1) is 16.5. The van der Waals surface area contributed by atoms with Crippen LogP contribution >= 0.6 is 11.3 Å². The second-order valence-corrected chi connectivity index (χ2v) is 7.94. The first-order valence-corrected chi connectivity index (χ1v) is 9.69. The molecule has 132 valence electrons. The fraction of sp³-hybridized carbons (Fsp3) is 0.474. The third kappa shape index (κ3) is 3.55. The summed E-state index contributed by atoms with van der Waals surface area (Å²) in [4.78, 5) is 22.3. The van der Waals surface area contributed by atoms with E-state index in [2.05, 4.69) is 16.0 Å². The Bertz CT molecular complexity index is 707. The highest BCUT2D eigenvalue weighted by Crippen LogP contribution is 2.35. The maximum Gasteiger partial charge on any atom is 0.263 e. The SMILES string of the molecule is O=C(c1cccs1)N1CCC[C@]2(COCCN(c3cccnc3)C2)C1. The zero-order chi connectivity index (χ0) is 17.1. The van der Waals surface area contributed by atoms with E-state index in [0.29, 0.717) is 0 Å². The maximum atomic E-state index is 12.8. The summed E-state index contributed by atoms with van der Waals surface area (Å²) in [5.74, 6) is 0.159. The molecular formula is C19H23N3O2S. The van der Waals surface area contributed by atoms with Crippen molar-refractivity contribution in [3.05, 3.63) is 46.9 Å². The van der Waals surface area contributed by atoms with Crippen molar-refractivity contribution < 1.29 is 9.53 Å². The fourth-order valence-corrected chi connectivity index (χ4v) is 4.63. The predicted octanol–water partition coefficient (Wildman–Crippen LogP) is 2.90.